The molecule has 0 N–H and O–H groups in total. The van der Waals surface area contributed by atoms with Gasteiger partial charge in [-0.05, 0) is 43.0 Å². The van der Waals surface area contributed by atoms with E-state index in [1.807, 2.05) is 48.5 Å². The van der Waals surface area contributed by atoms with E-state index in [1.165, 1.54) is 4.58 Å². The highest BCUT2D eigenvalue weighted by Crippen LogP contribution is 2.60. The van der Waals surface area contributed by atoms with Crippen molar-refractivity contribution in [3.05, 3.63) is 64.1 Å². The molecule has 1 aliphatic heterocycles. The molecule has 2 aromatic rings. The SMILES string of the molecule is Clc1cccc(Cl)c1C1N(Cl)OCC1(COc1ccccc1)C1CC1. The van der Waals surface area contributed by atoms with E-state index < -0.39 is 0 Å². The molecule has 4 rings (SSSR count). The first kappa shape index (κ1) is 17.4. The number of para-hydroxylation sites is 1. The molecule has 2 atom stereocenters. The van der Waals surface area contributed by atoms with Gasteiger partial charge in [-0.2, -0.15) is 0 Å². The third-order valence-electron chi connectivity index (χ3n) is 5.12. The van der Waals surface area contributed by atoms with Gasteiger partial charge in [0.25, 0.3) is 0 Å². The van der Waals surface area contributed by atoms with Crippen LogP contribution in [0.3, 0.4) is 0 Å². The third-order valence-corrected chi connectivity index (χ3v) is 6.07. The summed E-state index contributed by atoms with van der Waals surface area (Å²) in [6.45, 7) is 0.983. The van der Waals surface area contributed by atoms with Crippen molar-refractivity contribution in [2.75, 3.05) is 13.2 Å². The molecule has 0 aromatic heterocycles. The summed E-state index contributed by atoms with van der Waals surface area (Å²) in [5, 5.41) is 1.19. The molecule has 0 radical (unpaired) electrons. The molecule has 25 heavy (non-hydrogen) atoms. The lowest BCUT2D eigenvalue weighted by Crippen LogP contribution is -2.38. The van der Waals surface area contributed by atoms with Crippen LogP contribution in [0.25, 0.3) is 0 Å². The molecule has 0 amide bonds. The van der Waals surface area contributed by atoms with Gasteiger partial charge >= 0.3 is 0 Å². The first-order valence-corrected chi connectivity index (χ1v) is 9.41. The van der Waals surface area contributed by atoms with Crippen LogP contribution in [0.1, 0.15) is 24.4 Å². The van der Waals surface area contributed by atoms with Gasteiger partial charge in [-0.1, -0.05) is 52.0 Å². The molecule has 2 aromatic carbocycles. The molecule has 2 unspecified atom stereocenters. The topological polar surface area (TPSA) is 21.7 Å². The standard InChI is InChI=1S/C19H18Cl3NO2/c20-15-7-4-8-16(21)17(15)18-19(13-9-10-13,12-25-23(18)22)11-24-14-5-2-1-3-6-14/h1-8,13,18H,9-12H2. The zero-order valence-electron chi connectivity index (χ0n) is 13.5. The molecule has 1 saturated carbocycles. The number of hydrogen-bond donors (Lipinski definition) is 0. The monoisotopic (exact) mass is 397 g/mol. The minimum Gasteiger partial charge on any atom is -0.493 e. The van der Waals surface area contributed by atoms with Gasteiger partial charge in [0.15, 0.2) is 0 Å². The summed E-state index contributed by atoms with van der Waals surface area (Å²) in [6.07, 6.45) is 2.26. The van der Waals surface area contributed by atoms with Gasteiger partial charge in [0.05, 0.1) is 24.7 Å². The fourth-order valence-electron chi connectivity index (χ4n) is 3.67. The fourth-order valence-corrected chi connectivity index (χ4v) is 4.62. The molecule has 6 heteroatoms. The Morgan fingerprint density at radius 3 is 2.36 bits per heavy atom. The van der Waals surface area contributed by atoms with Crippen LogP contribution in [-0.4, -0.2) is 17.8 Å². The first-order chi connectivity index (χ1) is 12.1. The molecule has 3 nitrogen and oxygen atoms in total. The van der Waals surface area contributed by atoms with Crippen molar-refractivity contribution in [3.8, 4) is 5.75 Å². The number of rotatable bonds is 5. The minimum absolute atomic E-state index is 0.258. The largest absolute Gasteiger partial charge is 0.493 e. The van der Waals surface area contributed by atoms with Crippen molar-refractivity contribution in [3.63, 3.8) is 0 Å². The Kier molecular flexibility index (Phi) is 4.87. The van der Waals surface area contributed by atoms with Gasteiger partial charge in [-0.15, -0.1) is 0 Å². The predicted molar refractivity (Wildman–Crippen MR) is 99.9 cm³/mol. The molecule has 0 bridgehead atoms. The van der Waals surface area contributed by atoms with E-state index in [1.54, 1.807) is 0 Å². The van der Waals surface area contributed by atoms with Gasteiger partial charge in [0.2, 0.25) is 0 Å². The van der Waals surface area contributed by atoms with Crippen molar-refractivity contribution >= 4 is 35.0 Å². The van der Waals surface area contributed by atoms with E-state index in [0.29, 0.717) is 29.2 Å². The molecule has 2 aliphatic rings. The fraction of sp³-hybridized carbons (Fsp3) is 0.368. The summed E-state index contributed by atoms with van der Waals surface area (Å²) in [7, 11) is 0. The van der Waals surface area contributed by atoms with Crippen molar-refractivity contribution in [2.24, 2.45) is 11.3 Å². The van der Waals surface area contributed by atoms with Gasteiger partial charge < -0.3 is 4.74 Å². The number of ether oxygens (including phenoxy) is 1. The second kappa shape index (κ2) is 6.98. The summed E-state index contributed by atoms with van der Waals surface area (Å²) in [5.74, 6) is 1.30. The summed E-state index contributed by atoms with van der Waals surface area (Å²) in [5.41, 5.74) is 0.522. The van der Waals surface area contributed by atoms with Crippen molar-refractivity contribution in [2.45, 2.75) is 18.9 Å². The number of hydrogen-bond acceptors (Lipinski definition) is 3. The van der Waals surface area contributed by atoms with E-state index in [9.17, 15) is 0 Å². The zero-order valence-corrected chi connectivity index (χ0v) is 15.8. The number of nitrogens with zero attached hydrogens (tertiary/aromatic N) is 1. The quantitative estimate of drug-likeness (QED) is 0.584. The van der Waals surface area contributed by atoms with E-state index in [0.717, 1.165) is 24.2 Å². The second-order valence-electron chi connectivity index (χ2n) is 6.69. The summed E-state index contributed by atoms with van der Waals surface area (Å²) in [6, 6.07) is 15.0. The van der Waals surface area contributed by atoms with Crippen LogP contribution >= 0.6 is 35.0 Å². The van der Waals surface area contributed by atoms with Gasteiger partial charge in [0.1, 0.15) is 5.75 Å². The van der Waals surface area contributed by atoms with Crippen LogP contribution in [0, 0.1) is 11.3 Å². The highest BCUT2D eigenvalue weighted by Gasteiger charge is 2.59. The van der Waals surface area contributed by atoms with E-state index >= 15 is 0 Å². The van der Waals surface area contributed by atoms with Crippen LogP contribution in [0.4, 0.5) is 0 Å². The van der Waals surface area contributed by atoms with E-state index in [4.69, 9.17) is 44.6 Å². The van der Waals surface area contributed by atoms with Crippen LogP contribution in [0.15, 0.2) is 48.5 Å². The van der Waals surface area contributed by atoms with Crippen LogP contribution in [0.2, 0.25) is 10.0 Å². The molecule has 1 aliphatic carbocycles. The lowest BCUT2D eigenvalue weighted by atomic mass is 9.75. The zero-order chi connectivity index (χ0) is 17.4. The van der Waals surface area contributed by atoms with Gasteiger partial charge in [-0.3, -0.25) is 4.84 Å². The normalized spacial score (nSPS) is 26.8. The summed E-state index contributed by atoms with van der Waals surface area (Å²) < 4.78 is 7.50. The molecular weight excluding hydrogens is 381 g/mol. The van der Waals surface area contributed by atoms with Crippen molar-refractivity contribution in [1.29, 1.82) is 0 Å². The average Bonchev–Trinajstić information content (AvgIpc) is 3.41. The van der Waals surface area contributed by atoms with E-state index in [-0.39, 0.29) is 11.5 Å². The third kappa shape index (κ3) is 3.24. The van der Waals surface area contributed by atoms with Crippen molar-refractivity contribution in [1.82, 2.24) is 4.58 Å². The average molecular weight is 399 g/mol. The molecule has 1 saturated heterocycles. The van der Waals surface area contributed by atoms with Crippen LogP contribution in [0.5, 0.6) is 5.75 Å². The Bertz CT molecular complexity index is 733. The highest BCUT2D eigenvalue weighted by molar-refractivity contribution is 6.36. The van der Waals surface area contributed by atoms with Crippen molar-refractivity contribution < 1.29 is 9.57 Å². The number of halogens is 3. The molecule has 132 valence electrons. The van der Waals surface area contributed by atoms with Gasteiger partial charge in [0, 0.05) is 27.4 Å². The smallest absolute Gasteiger partial charge is 0.119 e. The number of hydroxylamine groups is 1. The molecule has 1 heterocycles. The molecular formula is C19H18Cl3NO2. The molecule has 0 spiro atoms. The maximum absolute atomic E-state index is 6.48. The Hall–Kier alpha value is -0.970. The maximum Gasteiger partial charge on any atom is 0.119 e. The number of benzene rings is 2. The second-order valence-corrected chi connectivity index (χ2v) is 7.84. The molecule has 2 fully saturated rings. The first-order valence-electron chi connectivity index (χ1n) is 8.31. The lowest BCUT2D eigenvalue weighted by Gasteiger charge is -2.35. The Morgan fingerprint density at radius 2 is 1.72 bits per heavy atom. The summed E-state index contributed by atoms with van der Waals surface area (Å²) in [4.78, 5) is 5.74. The van der Waals surface area contributed by atoms with Crippen LogP contribution < -0.4 is 4.74 Å². The Balaban J connectivity index is 1.70. The Morgan fingerprint density at radius 1 is 1.04 bits per heavy atom. The summed E-state index contributed by atoms with van der Waals surface area (Å²) >= 11 is 19.4. The predicted octanol–water partition coefficient (Wildman–Crippen LogP) is 5.91. The maximum atomic E-state index is 6.48. The van der Waals surface area contributed by atoms with Crippen LogP contribution in [-0.2, 0) is 4.84 Å². The minimum atomic E-state index is -0.285. The van der Waals surface area contributed by atoms with Gasteiger partial charge in [-0.25, -0.2) is 0 Å². The Labute approximate surface area is 162 Å². The van der Waals surface area contributed by atoms with E-state index in [2.05, 4.69) is 0 Å². The highest BCUT2D eigenvalue weighted by atomic mass is 35.5. The lowest BCUT2D eigenvalue weighted by molar-refractivity contribution is -0.0490.